The lowest BCUT2D eigenvalue weighted by Gasteiger charge is -2.24. The molecule has 8 heteroatoms. The molecule has 134 valence electrons. The fraction of sp³-hybridized carbons (Fsp3) is 0.353. The molecule has 0 N–H and O–H groups in total. The minimum atomic E-state index is -4.56. The van der Waals surface area contributed by atoms with Gasteiger partial charge in [0.15, 0.2) is 0 Å². The molecule has 0 bridgehead atoms. The van der Waals surface area contributed by atoms with E-state index < -0.39 is 17.6 Å². The van der Waals surface area contributed by atoms with Gasteiger partial charge in [-0.3, -0.25) is 4.79 Å². The molecule has 0 aliphatic carbocycles. The Hall–Kier alpha value is -2.64. The molecular formula is C17H18F3N3O2. The predicted octanol–water partition coefficient (Wildman–Crippen LogP) is 3.87. The number of halogens is 3. The zero-order valence-corrected chi connectivity index (χ0v) is 14.1. The molecular weight excluding hydrogens is 335 g/mol. The third-order valence-electron chi connectivity index (χ3n) is 3.70. The van der Waals surface area contributed by atoms with E-state index >= 15 is 0 Å². The van der Waals surface area contributed by atoms with Crippen molar-refractivity contribution in [2.24, 2.45) is 0 Å². The quantitative estimate of drug-likeness (QED) is 0.819. The van der Waals surface area contributed by atoms with Crippen LogP contribution in [-0.4, -0.2) is 29.5 Å². The van der Waals surface area contributed by atoms with Gasteiger partial charge < -0.3 is 9.64 Å². The molecule has 0 aliphatic heterocycles. The highest BCUT2D eigenvalue weighted by molar-refractivity contribution is 6.07. The molecule has 0 saturated heterocycles. The van der Waals surface area contributed by atoms with Gasteiger partial charge in [0.2, 0.25) is 0 Å². The summed E-state index contributed by atoms with van der Waals surface area (Å²) in [5, 5.41) is 0. The molecule has 0 aliphatic rings. The zero-order valence-electron chi connectivity index (χ0n) is 14.1. The fourth-order valence-corrected chi connectivity index (χ4v) is 2.56. The summed E-state index contributed by atoms with van der Waals surface area (Å²) in [6.07, 6.45) is 0.407. The molecule has 1 aromatic carbocycles. The Morgan fingerprint density at radius 2 is 1.88 bits per heavy atom. The van der Waals surface area contributed by atoms with E-state index in [4.69, 9.17) is 4.74 Å². The van der Waals surface area contributed by atoms with Crippen LogP contribution in [-0.2, 0) is 6.18 Å². The van der Waals surface area contributed by atoms with Gasteiger partial charge in [0, 0.05) is 17.7 Å². The van der Waals surface area contributed by atoms with Gasteiger partial charge in [0.05, 0.1) is 30.8 Å². The maximum Gasteiger partial charge on any atom is 0.419 e. The van der Waals surface area contributed by atoms with Gasteiger partial charge in [0.1, 0.15) is 12.1 Å². The Balaban J connectivity index is 2.51. The van der Waals surface area contributed by atoms with E-state index in [1.807, 2.05) is 6.92 Å². The molecule has 1 aromatic heterocycles. The summed E-state index contributed by atoms with van der Waals surface area (Å²) in [4.78, 5) is 22.1. The number of nitrogens with zero attached hydrogens (tertiary/aromatic N) is 3. The van der Waals surface area contributed by atoms with Crippen LogP contribution in [0.3, 0.4) is 0 Å². The topological polar surface area (TPSA) is 55.3 Å². The number of rotatable bonds is 5. The lowest BCUT2D eigenvalue weighted by Crippen LogP contribution is -2.32. The molecule has 0 unspecified atom stereocenters. The number of benzene rings is 1. The number of hydrogen-bond donors (Lipinski definition) is 0. The van der Waals surface area contributed by atoms with E-state index in [0.717, 1.165) is 13.2 Å². The number of aromatic nitrogens is 2. The first-order valence-corrected chi connectivity index (χ1v) is 7.62. The Labute approximate surface area is 143 Å². The molecule has 0 radical (unpaired) electrons. The summed E-state index contributed by atoms with van der Waals surface area (Å²) < 4.78 is 44.2. The Morgan fingerprint density at radius 1 is 1.24 bits per heavy atom. The summed E-state index contributed by atoms with van der Waals surface area (Å²) in [6, 6.07) is 2.04. The molecule has 5 nitrogen and oxygen atoms in total. The number of alkyl halides is 3. The standard InChI is InChI=1S/C17H18F3N3O2/c1-4-7-23(12-8-21-10-22-9-12)16(24)13-5-6-14(17(18,19)20)15(25-3)11(13)2/h5-6,8-10H,4,7H2,1-3H3. The van der Waals surface area contributed by atoms with Gasteiger partial charge in [-0.1, -0.05) is 6.92 Å². The number of hydrogen-bond acceptors (Lipinski definition) is 4. The fourth-order valence-electron chi connectivity index (χ4n) is 2.56. The summed E-state index contributed by atoms with van der Waals surface area (Å²) in [6.45, 7) is 3.71. The van der Waals surface area contributed by atoms with Crippen LogP contribution < -0.4 is 9.64 Å². The summed E-state index contributed by atoms with van der Waals surface area (Å²) in [5.74, 6) is -0.778. The van der Waals surface area contributed by atoms with E-state index in [-0.39, 0.29) is 16.9 Å². The molecule has 2 rings (SSSR count). The van der Waals surface area contributed by atoms with Gasteiger partial charge in [-0.25, -0.2) is 9.97 Å². The lowest BCUT2D eigenvalue weighted by molar-refractivity contribution is -0.138. The number of carbonyl (C=O) groups excluding carboxylic acids is 1. The second kappa shape index (κ2) is 7.50. The first-order chi connectivity index (χ1) is 11.8. The minimum absolute atomic E-state index is 0.139. The maximum absolute atomic E-state index is 13.1. The van der Waals surface area contributed by atoms with Crippen LogP contribution in [0.1, 0.15) is 34.8 Å². The van der Waals surface area contributed by atoms with E-state index in [0.29, 0.717) is 18.7 Å². The molecule has 1 heterocycles. The van der Waals surface area contributed by atoms with Gasteiger partial charge in [0.25, 0.3) is 5.91 Å². The van der Waals surface area contributed by atoms with E-state index in [1.54, 1.807) is 0 Å². The van der Waals surface area contributed by atoms with Gasteiger partial charge in [-0.15, -0.1) is 0 Å². The van der Waals surface area contributed by atoms with Gasteiger partial charge >= 0.3 is 6.18 Å². The maximum atomic E-state index is 13.1. The first-order valence-electron chi connectivity index (χ1n) is 7.62. The van der Waals surface area contributed by atoms with Crippen molar-refractivity contribution in [2.75, 3.05) is 18.6 Å². The van der Waals surface area contributed by atoms with Crippen LogP contribution in [0.5, 0.6) is 5.75 Å². The van der Waals surface area contributed by atoms with Gasteiger partial charge in [-0.05, 0) is 25.5 Å². The summed E-state index contributed by atoms with van der Waals surface area (Å²) in [7, 11) is 1.15. The Kier molecular flexibility index (Phi) is 5.61. The van der Waals surface area contributed by atoms with Crippen molar-refractivity contribution in [1.29, 1.82) is 0 Å². The van der Waals surface area contributed by atoms with Crippen molar-refractivity contribution in [1.82, 2.24) is 9.97 Å². The Morgan fingerprint density at radius 3 is 2.40 bits per heavy atom. The predicted molar refractivity (Wildman–Crippen MR) is 86.7 cm³/mol. The van der Waals surface area contributed by atoms with Crippen molar-refractivity contribution < 1.29 is 22.7 Å². The monoisotopic (exact) mass is 353 g/mol. The third kappa shape index (κ3) is 3.89. The molecule has 0 atom stereocenters. The van der Waals surface area contributed by atoms with Crippen molar-refractivity contribution in [2.45, 2.75) is 26.4 Å². The number of anilines is 1. The summed E-state index contributed by atoms with van der Waals surface area (Å²) in [5.41, 5.74) is -0.149. The molecule has 0 spiro atoms. The molecule has 25 heavy (non-hydrogen) atoms. The highest BCUT2D eigenvalue weighted by Gasteiger charge is 2.36. The number of methoxy groups -OCH3 is 1. The van der Waals surface area contributed by atoms with Crippen molar-refractivity contribution in [3.8, 4) is 5.75 Å². The Bertz CT molecular complexity index is 749. The second-order valence-electron chi connectivity index (χ2n) is 5.37. The van der Waals surface area contributed by atoms with Crippen molar-refractivity contribution >= 4 is 11.6 Å². The minimum Gasteiger partial charge on any atom is -0.496 e. The number of carbonyl (C=O) groups is 1. The van der Waals surface area contributed by atoms with Crippen LogP contribution >= 0.6 is 0 Å². The summed E-state index contributed by atoms with van der Waals surface area (Å²) >= 11 is 0. The van der Waals surface area contributed by atoms with Gasteiger partial charge in [-0.2, -0.15) is 13.2 Å². The highest BCUT2D eigenvalue weighted by atomic mass is 19.4. The molecule has 2 aromatic rings. The lowest BCUT2D eigenvalue weighted by atomic mass is 10.0. The largest absolute Gasteiger partial charge is 0.496 e. The average Bonchev–Trinajstić information content (AvgIpc) is 2.58. The van der Waals surface area contributed by atoms with Crippen LogP contribution in [0.25, 0.3) is 0 Å². The smallest absolute Gasteiger partial charge is 0.419 e. The SMILES string of the molecule is CCCN(C(=O)c1ccc(C(F)(F)F)c(OC)c1C)c1cncnc1. The number of amides is 1. The van der Waals surface area contributed by atoms with Crippen LogP contribution in [0.4, 0.5) is 18.9 Å². The van der Waals surface area contributed by atoms with Crippen LogP contribution in [0.2, 0.25) is 0 Å². The van der Waals surface area contributed by atoms with E-state index in [1.165, 1.54) is 36.6 Å². The molecule has 0 saturated carbocycles. The normalized spacial score (nSPS) is 11.3. The third-order valence-corrected chi connectivity index (χ3v) is 3.70. The number of ether oxygens (including phenoxy) is 1. The second-order valence-corrected chi connectivity index (χ2v) is 5.37. The van der Waals surface area contributed by atoms with E-state index in [2.05, 4.69) is 9.97 Å². The molecule has 1 amide bonds. The first kappa shape index (κ1) is 18.7. The molecule has 0 fully saturated rings. The highest BCUT2D eigenvalue weighted by Crippen LogP contribution is 2.39. The van der Waals surface area contributed by atoms with E-state index in [9.17, 15) is 18.0 Å². The van der Waals surface area contributed by atoms with Crippen molar-refractivity contribution in [3.05, 3.63) is 47.5 Å². The zero-order chi connectivity index (χ0) is 18.6. The average molecular weight is 353 g/mol. The van der Waals surface area contributed by atoms with Crippen molar-refractivity contribution in [3.63, 3.8) is 0 Å². The van der Waals surface area contributed by atoms with Crippen LogP contribution in [0.15, 0.2) is 30.9 Å². The van der Waals surface area contributed by atoms with Crippen LogP contribution in [0, 0.1) is 6.92 Å².